The molecule has 1 heterocycles. The number of likely N-dealkylation sites (tertiary alicyclic amines) is 1. The molecule has 41 heavy (non-hydrogen) atoms. The van der Waals surface area contributed by atoms with Gasteiger partial charge in [0, 0.05) is 36.4 Å². The maximum absolute atomic E-state index is 14.0. The summed E-state index contributed by atoms with van der Waals surface area (Å²) in [6, 6.07) is 23.7. The lowest BCUT2D eigenvalue weighted by atomic mass is 10.0. The number of para-hydroxylation sites is 1. The van der Waals surface area contributed by atoms with E-state index >= 15 is 0 Å². The minimum atomic E-state index is -0.494. The Bertz CT molecular complexity index is 1150. The SMILES string of the molecule is CN(CCCCCCCCCN1CCC(OCNc2ccccc2-c2ccccc2)CC1)Cc1cccc(O)c1F. The topological polar surface area (TPSA) is 48.0 Å². The highest BCUT2D eigenvalue weighted by atomic mass is 19.1. The molecular formula is C35H48FN3O2. The highest BCUT2D eigenvalue weighted by molar-refractivity contribution is 5.77. The second kappa shape index (κ2) is 17.1. The molecule has 2 N–H and O–H groups in total. The van der Waals surface area contributed by atoms with Crippen LogP contribution in [-0.4, -0.2) is 61.0 Å². The number of halogens is 1. The Kier molecular flexibility index (Phi) is 13.0. The molecule has 0 amide bonds. The first-order valence-electron chi connectivity index (χ1n) is 15.5. The van der Waals surface area contributed by atoms with Crippen LogP contribution in [-0.2, 0) is 11.3 Å². The number of rotatable bonds is 17. The molecule has 0 radical (unpaired) electrons. The highest BCUT2D eigenvalue weighted by Gasteiger charge is 2.19. The molecule has 1 aliphatic rings. The molecule has 3 aromatic carbocycles. The Morgan fingerprint density at radius 3 is 2.32 bits per heavy atom. The summed E-state index contributed by atoms with van der Waals surface area (Å²) in [7, 11) is 2.02. The first kappa shape index (κ1) is 31.0. The van der Waals surface area contributed by atoms with E-state index in [1.165, 1.54) is 62.3 Å². The average molecular weight is 562 g/mol. The number of anilines is 1. The van der Waals surface area contributed by atoms with Gasteiger partial charge in [0.2, 0.25) is 0 Å². The summed E-state index contributed by atoms with van der Waals surface area (Å²) in [5, 5.41) is 13.0. The molecule has 5 nitrogen and oxygen atoms in total. The number of benzene rings is 3. The van der Waals surface area contributed by atoms with E-state index < -0.39 is 5.82 Å². The molecule has 1 aliphatic heterocycles. The van der Waals surface area contributed by atoms with Crippen LogP contribution in [0.15, 0.2) is 72.8 Å². The smallest absolute Gasteiger partial charge is 0.169 e. The number of hydrogen-bond donors (Lipinski definition) is 2. The molecular weight excluding hydrogens is 513 g/mol. The Labute approximate surface area is 246 Å². The van der Waals surface area contributed by atoms with Crippen LogP contribution < -0.4 is 5.32 Å². The molecule has 0 saturated carbocycles. The maximum atomic E-state index is 14.0. The van der Waals surface area contributed by atoms with E-state index in [9.17, 15) is 9.50 Å². The molecule has 0 bridgehead atoms. The van der Waals surface area contributed by atoms with Crippen LogP contribution in [0.2, 0.25) is 0 Å². The number of nitrogens with one attached hydrogen (secondary N) is 1. The summed E-state index contributed by atoms with van der Waals surface area (Å²) in [4.78, 5) is 4.73. The quantitative estimate of drug-likeness (QED) is 0.130. The molecule has 0 unspecified atom stereocenters. The van der Waals surface area contributed by atoms with Gasteiger partial charge in [-0.2, -0.15) is 0 Å². The van der Waals surface area contributed by atoms with Gasteiger partial charge >= 0.3 is 0 Å². The van der Waals surface area contributed by atoms with Crippen molar-refractivity contribution in [3.8, 4) is 16.9 Å². The number of nitrogens with zero attached hydrogens (tertiary/aromatic N) is 2. The van der Waals surface area contributed by atoms with Crippen LogP contribution >= 0.6 is 0 Å². The van der Waals surface area contributed by atoms with Gasteiger partial charge in [0.25, 0.3) is 0 Å². The van der Waals surface area contributed by atoms with Crippen molar-refractivity contribution in [2.45, 2.75) is 70.4 Å². The highest BCUT2D eigenvalue weighted by Crippen LogP contribution is 2.27. The fourth-order valence-corrected chi connectivity index (χ4v) is 5.70. The zero-order valence-electron chi connectivity index (χ0n) is 24.7. The summed E-state index contributed by atoms with van der Waals surface area (Å²) in [5.74, 6) is -0.759. The lowest BCUT2D eigenvalue weighted by Crippen LogP contribution is -2.38. The predicted molar refractivity (Wildman–Crippen MR) is 168 cm³/mol. The van der Waals surface area contributed by atoms with Gasteiger partial charge in [-0.1, -0.05) is 92.8 Å². The Hall–Kier alpha value is -2.93. The molecule has 0 atom stereocenters. The molecule has 0 aromatic heterocycles. The van der Waals surface area contributed by atoms with Crippen molar-refractivity contribution < 1.29 is 14.2 Å². The lowest BCUT2D eigenvalue weighted by molar-refractivity contribution is 0.0165. The van der Waals surface area contributed by atoms with E-state index in [2.05, 4.69) is 63.6 Å². The van der Waals surface area contributed by atoms with Crippen molar-refractivity contribution in [3.05, 3.63) is 84.2 Å². The van der Waals surface area contributed by atoms with Gasteiger partial charge in [-0.05, 0) is 63.5 Å². The zero-order chi connectivity index (χ0) is 28.7. The number of unbranched alkanes of at least 4 members (excludes halogenated alkanes) is 6. The van der Waals surface area contributed by atoms with Gasteiger partial charge in [-0.25, -0.2) is 4.39 Å². The van der Waals surface area contributed by atoms with Crippen LogP contribution in [0.1, 0.15) is 63.4 Å². The van der Waals surface area contributed by atoms with Gasteiger partial charge in [0.05, 0.1) is 6.10 Å². The van der Waals surface area contributed by atoms with Crippen LogP contribution in [0.3, 0.4) is 0 Å². The Balaban J connectivity index is 0.986. The zero-order valence-corrected chi connectivity index (χ0v) is 24.7. The fraction of sp³-hybridized carbons (Fsp3) is 0.486. The number of phenols is 1. The number of phenolic OH excluding ortho intramolecular Hbond substituents is 1. The van der Waals surface area contributed by atoms with Gasteiger partial charge in [0.1, 0.15) is 6.73 Å². The molecule has 0 aliphatic carbocycles. The summed E-state index contributed by atoms with van der Waals surface area (Å²) in [6.45, 7) is 5.49. The maximum Gasteiger partial charge on any atom is 0.169 e. The average Bonchev–Trinajstić information content (AvgIpc) is 3.00. The third-order valence-electron chi connectivity index (χ3n) is 8.14. The molecule has 222 valence electrons. The monoisotopic (exact) mass is 561 g/mol. The minimum Gasteiger partial charge on any atom is -0.505 e. The van der Waals surface area contributed by atoms with E-state index in [4.69, 9.17) is 4.74 Å². The summed E-state index contributed by atoms with van der Waals surface area (Å²) >= 11 is 0. The van der Waals surface area contributed by atoms with Gasteiger partial charge in [0.15, 0.2) is 11.6 Å². The first-order chi connectivity index (χ1) is 20.1. The number of ether oxygens (including phenoxy) is 1. The largest absolute Gasteiger partial charge is 0.505 e. The predicted octanol–water partition coefficient (Wildman–Crippen LogP) is 7.91. The summed E-state index contributed by atoms with van der Waals surface area (Å²) in [6.07, 6.45) is 11.3. The summed E-state index contributed by atoms with van der Waals surface area (Å²) in [5.41, 5.74) is 4.10. The Morgan fingerprint density at radius 1 is 0.854 bits per heavy atom. The first-order valence-corrected chi connectivity index (χ1v) is 15.5. The van der Waals surface area contributed by atoms with Crippen LogP contribution in [0.4, 0.5) is 10.1 Å². The third-order valence-corrected chi connectivity index (χ3v) is 8.14. The second-order valence-electron chi connectivity index (χ2n) is 11.4. The van der Waals surface area contributed by atoms with Crippen molar-refractivity contribution in [2.75, 3.05) is 45.3 Å². The molecule has 0 spiro atoms. The fourth-order valence-electron chi connectivity index (χ4n) is 5.70. The normalized spacial score (nSPS) is 14.5. The second-order valence-corrected chi connectivity index (χ2v) is 11.4. The summed E-state index contributed by atoms with van der Waals surface area (Å²) < 4.78 is 20.2. The van der Waals surface area contributed by atoms with Gasteiger partial charge in [-0.3, -0.25) is 0 Å². The Morgan fingerprint density at radius 2 is 1.54 bits per heavy atom. The van der Waals surface area contributed by atoms with Crippen LogP contribution in [0, 0.1) is 5.82 Å². The van der Waals surface area contributed by atoms with Crippen molar-refractivity contribution >= 4 is 5.69 Å². The van der Waals surface area contributed by atoms with E-state index in [-0.39, 0.29) is 5.75 Å². The van der Waals surface area contributed by atoms with Crippen molar-refractivity contribution in [3.63, 3.8) is 0 Å². The molecule has 6 heteroatoms. The van der Waals surface area contributed by atoms with E-state index in [1.54, 1.807) is 12.1 Å². The number of piperidine rings is 1. The lowest BCUT2D eigenvalue weighted by Gasteiger charge is -2.32. The van der Waals surface area contributed by atoms with Crippen molar-refractivity contribution in [1.82, 2.24) is 9.80 Å². The third kappa shape index (κ3) is 10.4. The van der Waals surface area contributed by atoms with E-state index in [0.717, 1.165) is 44.6 Å². The van der Waals surface area contributed by atoms with Gasteiger partial charge < -0.3 is 25.0 Å². The number of hydrogen-bond acceptors (Lipinski definition) is 5. The van der Waals surface area contributed by atoms with Crippen molar-refractivity contribution in [2.24, 2.45) is 0 Å². The van der Waals surface area contributed by atoms with E-state index in [0.29, 0.717) is 24.9 Å². The van der Waals surface area contributed by atoms with Crippen LogP contribution in [0.5, 0.6) is 5.75 Å². The molecule has 3 aromatic rings. The standard InChI is InChI=1S/C35H48FN3O2/c1-38(27-30-17-14-20-34(40)35(30)36)23-12-5-3-2-4-6-13-24-39-25-21-31(22-26-39)41-28-37-33-19-11-10-18-32(33)29-15-8-7-9-16-29/h7-11,14-20,31,37,40H,2-6,12-13,21-28H2,1H3. The number of aromatic hydroxyl groups is 1. The van der Waals surface area contributed by atoms with Crippen molar-refractivity contribution in [1.29, 1.82) is 0 Å². The minimum absolute atomic E-state index is 0.264. The molecule has 1 fully saturated rings. The molecule has 4 rings (SSSR count). The molecule has 1 saturated heterocycles. The van der Waals surface area contributed by atoms with Crippen LogP contribution in [0.25, 0.3) is 11.1 Å². The van der Waals surface area contributed by atoms with E-state index in [1.807, 2.05) is 13.1 Å². The van der Waals surface area contributed by atoms with Gasteiger partial charge in [-0.15, -0.1) is 0 Å².